The molecule has 2 heterocycles. The van der Waals surface area contributed by atoms with Crippen molar-refractivity contribution in [3.8, 4) is 17.6 Å². The van der Waals surface area contributed by atoms with Crippen LogP contribution in [0.5, 0.6) is 5.75 Å². The number of urea groups is 1. The molecule has 0 bridgehead atoms. The number of hydrogen-bond donors (Lipinski definition) is 2. The third-order valence-corrected chi connectivity index (χ3v) is 6.30. The summed E-state index contributed by atoms with van der Waals surface area (Å²) in [5.74, 6) is 8.40. The van der Waals surface area contributed by atoms with Gasteiger partial charge in [-0.25, -0.2) is 4.79 Å². The molecule has 2 aromatic carbocycles. The van der Waals surface area contributed by atoms with Crippen LogP contribution in [-0.4, -0.2) is 42.3 Å². The largest absolute Gasteiger partial charge is 0.492 e. The van der Waals surface area contributed by atoms with Crippen LogP contribution in [0.15, 0.2) is 53.1 Å². The van der Waals surface area contributed by atoms with Gasteiger partial charge in [0.05, 0.1) is 0 Å². The molecule has 0 aliphatic carbocycles. The Morgan fingerprint density at radius 1 is 1.03 bits per heavy atom. The van der Waals surface area contributed by atoms with Crippen molar-refractivity contribution in [2.45, 2.75) is 52.4 Å². The van der Waals surface area contributed by atoms with Gasteiger partial charge in [-0.2, -0.15) is 0 Å². The SMILES string of the molecule is Cc1cc(OCCN2CCCCC2)ccc1C#Cc1ccc(NC(=O)Nc2cc(C(C)(C)C)on2)cc1. The van der Waals surface area contributed by atoms with Gasteiger partial charge < -0.3 is 14.6 Å². The molecule has 0 spiro atoms. The molecule has 37 heavy (non-hydrogen) atoms. The van der Waals surface area contributed by atoms with E-state index in [9.17, 15) is 4.79 Å². The molecule has 1 saturated heterocycles. The summed E-state index contributed by atoms with van der Waals surface area (Å²) in [4.78, 5) is 14.8. The number of nitrogens with one attached hydrogen (secondary N) is 2. The minimum atomic E-state index is -0.388. The maximum atomic E-state index is 12.3. The van der Waals surface area contributed by atoms with Crippen LogP contribution in [0.1, 0.15) is 62.5 Å². The highest BCUT2D eigenvalue weighted by molar-refractivity contribution is 5.99. The average molecular weight is 501 g/mol. The number of hydrogen-bond acceptors (Lipinski definition) is 5. The highest BCUT2D eigenvalue weighted by Gasteiger charge is 2.20. The van der Waals surface area contributed by atoms with Crippen molar-refractivity contribution in [3.05, 3.63) is 71.0 Å². The molecule has 7 heteroatoms. The Labute approximate surface area is 219 Å². The molecule has 1 aromatic heterocycles. The van der Waals surface area contributed by atoms with Crippen molar-refractivity contribution >= 4 is 17.5 Å². The second-order valence-corrected chi connectivity index (χ2v) is 10.5. The van der Waals surface area contributed by atoms with E-state index in [0.717, 1.165) is 29.0 Å². The van der Waals surface area contributed by atoms with E-state index in [0.29, 0.717) is 23.9 Å². The predicted molar refractivity (Wildman–Crippen MR) is 147 cm³/mol. The fraction of sp³-hybridized carbons (Fsp3) is 0.400. The average Bonchev–Trinajstić information content (AvgIpc) is 3.34. The van der Waals surface area contributed by atoms with Crippen LogP contribution >= 0.6 is 0 Å². The third kappa shape index (κ3) is 7.86. The lowest BCUT2D eigenvalue weighted by Crippen LogP contribution is -2.33. The number of likely N-dealkylation sites (tertiary alicyclic amines) is 1. The van der Waals surface area contributed by atoms with Gasteiger partial charge in [0, 0.05) is 34.8 Å². The van der Waals surface area contributed by atoms with E-state index < -0.39 is 0 Å². The van der Waals surface area contributed by atoms with E-state index in [4.69, 9.17) is 9.26 Å². The zero-order valence-electron chi connectivity index (χ0n) is 22.2. The van der Waals surface area contributed by atoms with Crippen molar-refractivity contribution in [1.29, 1.82) is 0 Å². The van der Waals surface area contributed by atoms with E-state index >= 15 is 0 Å². The maximum absolute atomic E-state index is 12.3. The van der Waals surface area contributed by atoms with Gasteiger partial charge in [-0.05, 0) is 80.9 Å². The summed E-state index contributed by atoms with van der Waals surface area (Å²) in [6.45, 7) is 12.2. The Balaban J connectivity index is 1.27. The molecule has 194 valence electrons. The number of nitrogens with zero attached hydrogens (tertiary/aromatic N) is 2. The molecular formula is C30H36N4O3. The molecule has 1 aliphatic rings. The second-order valence-electron chi connectivity index (χ2n) is 10.5. The number of piperidine rings is 1. The molecule has 0 unspecified atom stereocenters. The summed E-state index contributed by atoms with van der Waals surface area (Å²) >= 11 is 0. The summed E-state index contributed by atoms with van der Waals surface area (Å²) in [7, 11) is 0. The van der Waals surface area contributed by atoms with Gasteiger partial charge in [0.2, 0.25) is 0 Å². The van der Waals surface area contributed by atoms with Crippen molar-refractivity contribution < 1.29 is 14.1 Å². The molecule has 2 amide bonds. The number of benzene rings is 2. The quantitative estimate of drug-likeness (QED) is 0.395. The molecule has 3 aromatic rings. The normalized spacial score (nSPS) is 13.9. The van der Waals surface area contributed by atoms with Crippen LogP contribution in [0.2, 0.25) is 0 Å². The molecule has 0 radical (unpaired) electrons. The van der Waals surface area contributed by atoms with Gasteiger partial charge in [0.15, 0.2) is 5.82 Å². The number of rotatable bonds is 6. The number of aryl methyl sites for hydroxylation is 1. The standard InChI is InChI=1S/C30H36N4O3/c1-22-20-26(36-19-18-34-16-6-5-7-17-34)15-12-24(22)11-8-23-9-13-25(14-10-23)31-29(35)32-28-21-27(37-33-28)30(2,3)4/h9-10,12-15,20-21H,5-7,16-19H2,1-4H3,(H2,31,32,33,35). The van der Waals surface area contributed by atoms with Crippen molar-refractivity contribution in [3.63, 3.8) is 0 Å². The third-order valence-electron chi connectivity index (χ3n) is 6.30. The fourth-order valence-corrected chi connectivity index (χ4v) is 4.08. The van der Waals surface area contributed by atoms with E-state index in [1.54, 1.807) is 6.07 Å². The molecule has 7 nitrogen and oxygen atoms in total. The molecule has 1 fully saturated rings. The molecule has 4 rings (SSSR count). The Morgan fingerprint density at radius 2 is 1.78 bits per heavy atom. The number of ether oxygens (including phenoxy) is 1. The molecule has 1 aliphatic heterocycles. The molecular weight excluding hydrogens is 464 g/mol. The fourth-order valence-electron chi connectivity index (χ4n) is 4.08. The van der Waals surface area contributed by atoms with Crippen molar-refractivity contribution in [2.24, 2.45) is 0 Å². The topological polar surface area (TPSA) is 79.6 Å². The van der Waals surface area contributed by atoms with Crippen molar-refractivity contribution in [2.75, 3.05) is 36.9 Å². The zero-order valence-corrected chi connectivity index (χ0v) is 22.2. The van der Waals surface area contributed by atoms with Gasteiger partial charge in [0.25, 0.3) is 0 Å². The first-order valence-corrected chi connectivity index (χ1v) is 12.9. The minimum Gasteiger partial charge on any atom is -0.492 e. The van der Waals surface area contributed by atoms with Crippen LogP contribution in [0, 0.1) is 18.8 Å². The first-order valence-electron chi connectivity index (χ1n) is 12.9. The van der Waals surface area contributed by atoms with Crippen LogP contribution in [-0.2, 0) is 5.41 Å². The van der Waals surface area contributed by atoms with E-state index in [1.165, 1.54) is 32.4 Å². The van der Waals surface area contributed by atoms with Gasteiger partial charge in [-0.15, -0.1) is 0 Å². The Hall–Kier alpha value is -3.76. The number of anilines is 2. The molecule has 0 atom stereocenters. The van der Waals surface area contributed by atoms with Crippen molar-refractivity contribution in [1.82, 2.24) is 10.1 Å². The summed E-state index contributed by atoms with van der Waals surface area (Å²) in [5, 5.41) is 9.39. The smallest absolute Gasteiger partial charge is 0.324 e. The monoisotopic (exact) mass is 500 g/mol. The highest BCUT2D eigenvalue weighted by atomic mass is 16.5. The first-order chi connectivity index (χ1) is 17.8. The molecule has 2 N–H and O–H groups in total. The van der Waals surface area contributed by atoms with Crippen LogP contribution in [0.25, 0.3) is 0 Å². The zero-order chi connectivity index (χ0) is 26.3. The Bertz CT molecular complexity index is 1260. The Kier molecular flexibility index (Phi) is 8.52. The summed E-state index contributed by atoms with van der Waals surface area (Å²) in [6, 6.07) is 14.8. The van der Waals surface area contributed by atoms with Crippen LogP contribution in [0.4, 0.5) is 16.3 Å². The van der Waals surface area contributed by atoms with Gasteiger partial charge >= 0.3 is 6.03 Å². The highest BCUT2D eigenvalue weighted by Crippen LogP contribution is 2.24. The van der Waals surface area contributed by atoms with E-state index in [-0.39, 0.29) is 11.4 Å². The molecule has 0 saturated carbocycles. The van der Waals surface area contributed by atoms with Gasteiger partial charge in [0.1, 0.15) is 18.1 Å². The van der Waals surface area contributed by atoms with E-state index in [2.05, 4.69) is 32.5 Å². The van der Waals surface area contributed by atoms with Crippen LogP contribution < -0.4 is 15.4 Å². The second kappa shape index (κ2) is 12.0. The summed E-state index contributed by atoms with van der Waals surface area (Å²) < 4.78 is 11.3. The van der Waals surface area contributed by atoms with E-state index in [1.807, 2.05) is 70.2 Å². The number of aromatic nitrogens is 1. The predicted octanol–water partition coefficient (Wildman–Crippen LogP) is 6.19. The first kappa shape index (κ1) is 26.3. The summed E-state index contributed by atoms with van der Waals surface area (Å²) in [6.07, 6.45) is 3.94. The van der Waals surface area contributed by atoms with Crippen LogP contribution in [0.3, 0.4) is 0 Å². The maximum Gasteiger partial charge on any atom is 0.324 e. The Morgan fingerprint density at radius 3 is 2.46 bits per heavy atom. The number of amides is 2. The lowest BCUT2D eigenvalue weighted by Gasteiger charge is -2.26. The lowest BCUT2D eigenvalue weighted by molar-refractivity contribution is 0.183. The lowest BCUT2D eigenvalue weighted by atomic mass is 9.93. The summed E-state index contributed by atoms with van der Waals surface area (Å²) in [5.41, 5.74) is 3.39. The van der Waals surface area contributed by atoms with Gasteiger partial charge in [-0.3, -0.25) is 10.2 Å². The number of carbonyl (C=O) groups is 1. The van der Waals surface area contributed by atoms with Gasteiger partial charge in [-0.1, -0.05) is 44.2 Å². The minimum absolute atomic E-state index is 0.179. The number of carbonyl (C=O) groups excluding carboxylic acids is 1.